The standard InChI is InChI=1S/C11H21NO3/c1-8(2)12(5-6-13)11(14)10-4-7-15-9(10)3/h8-10,13H,4-7H2,1-3H3. The number of aliphatic hydroxyl groups is 1. The van der Waals surface area contributed by atoms with E-state index < -0.39 is 0 Å². The van der Waals surface area contributed by atoms with Crippen LogP contribution in [0.3, 0.4) is 0 Å². The van der Waals surface area contributed by atoms with Gasteiger partial charge in [0.05, 0.1) is 18.6 Å². The number of carbonyl (C=O) groups excluding carboxylic acids is 1. The second-order valence-corrected chi connectivity index (χ2v) is 4.32. The molecule has 0 aromatic rings. The van der Waals surface area contributed by atoms with Gasteiger partial charge in [-0.05, 0) is 27.2 Å². The Bertz CT molecular complexity index is 218. The number of amides is 1. The summed E-state index contributed by atoms with van der Waals surface area (Å²) in [5.41, 5.74) is 0. The lowest BCUT2D eigenvalue weighted by Crippen LogP contribution is -2.44. The molecule has 1 heterocycles. The highest BCUT2D eigenvalue weighted by Gasteiger charge is 2.34. The summed E-state index contributed by atoms with van der Waals surface area (Å²) in [6, 6.07) is 0.137. The maximum atomic E-state index is 12.1. The van der Waals surface area contributed by atoms with Crippen LogP contribution in [0.1, 0.15) is 27.2 Å². The van der Waals surface area contributed by atoms with Crippen molar-refractivity contribution in [3.05, 3.63) is 0 Å². The Labute approximate surface area is 91.2 Å². The first-order valence-electron chi connectivity index (χ1n) is 5.61. The molecule has 4 nitrogen and oxygen atoms in total. The van der Waals surface area contributed by atoms with Crippen molar-refractivity contribution in [2.24, 2.45) is 5.92 Å². The Balaban J connectivity index is 2.62. The zero-order valence-electron chi connectivity index (χ0n) is 9.77. The third-order valence-electron chi connectivity index (χ3n) is 2.94. The summed E-state index contributed by atoms with van der Waals surface area (Å²) in [5, 5.41) is 8.92. The normalized spacial score (nSPS) is 25.9. The topological polar surface area (TPSA) is 49.8 Å². The molecule has 2 atom stereocenters. The van der Waals surface area contributed by atoms with Crippen LogP contribution in [0, 0.1) is 5.92 Å². The molecule has 4 heteroatoms. The molecule has 0 spiro atoms. The fourth-order valence-electron chi connectivity index (χ4n) is 2.00. The molecule has 1 aliphatic rings. The summed E-state index contributed by atoms with van der Waals surface area (Å²) >= 11 is 0. The lowest BCUT2D eigenvalue weighted by molar-refractivity contribution is -0.139. The molecule has 88 valence electrons. The number of ether oxygens (including phenoxy) is 1. The summed E-state index contributed by atoms with van der Waals surface area (Å²) in [6.07, 6.45) is 0.812. The number of rotatable bonds is 4. The molecule has 0 aromatic heterocycles. The maximum Gasteiger partial charge on any atom is 0.228 e. The van der Waals surface area contributed by atoms with Gasteiger partial charge in [-0.15, -0.1) is 0 Å². The van der Waals surface area contributed by atoms with E-state index in [-0.39, 0.29) is 30.6 Å². The van der Waals surface area contributed by atoms with Gasteiger partial charge in [-0.2, -0.15) is 0 Å². The first-order valence-corrected chi connectivity index (χ1v) is 5.61. The van der Waals surface area contributed by atoms with E-state index in [0.29, 0.717) is 13.2 Å². The van der Waals surface area contributed by atoms with Gasteiger partial charge in [-0.1, -0.05) is 0 Å². The van der Waals surface area contributed by atoms with Crippen molar-refractivity contribution in [2.75, 3.05) is 19.8 Å². The van der Waals surface area contributed by atoms with Crippen LogP contribution in [-0.4, -0.2) is 47.8 Å². The molecule has 0 bridgehead atoms. The van der Waals surface area contributed by atoms with E-state index in [1.54, 1.807) is 4.90 Å². The molecule has 1 saturated heterocycles. The molecule has 15 heavy (non-hydrogen) atoms. The van der Waals surface area contributed by atoms with Gasteiger partial charge in [0.2, 0.25) is 5.91 Å². The van der Waals surface area contributed by atoms with E-state index in [0.717, 1.165) is 6.42 Å². The molecule has 1 aliphatic heterocycles. The van der Waals surface area contributed by atoms with E-state index in [2.05, 4.69) is 0 Å². The number of carbonyl (C=O) groups is 1. The minimum atomic E-state index is -0.0288. The highest BCUT2D eigenvalue weighted by atomic mass is 16.5. The van der Waals surface area contributed by atoms with Gasteiger partial charge in [-0.25, -0.2) is 0 Å². The number of hydrogen-bond donors (Lipinski definition) is 1. The predicted molar refractivity (Wildman–Crippen MR) is 57.5 cm³/mol. The monoisotopic (exact) mass is 215 g/mol. The summed E-state index contributed by atoms with van der Waals surface area (Å²) in [7, 11) is 0. The van der Waals surface area contributed by atoms with Gasteiger partial charge < -0.3 is 14.7 Å². The molecular weight excluding hydrogens is 194 g/mol. The van der Waals surface area contributed by atoms with Crippen LogP contribution >= 0.6 is 0 Å². The molecule has 0 saturated carbocycles. The van der Waals surface area contributed by atoms with Crippen LogP contribution in [0.5, 0.6) is 0 Å². The molecule has 1 N–H and O–H groups in total. The number of hydrogen-bond acceptors (Lipinski definition) is 3. The van der Waals surface area contributed by atoms with E-state index in [1.165, 1.54) is 0 Å². The quantitative estimate of drug-likeness (QED) is 0.748. The number of aliphatic hydroxyl groups excluding tert-OH is 1. The minimum Gasteiger partial charge on any atom is -0.395 e. The Kier molecular flexibility index (Phi) is 4.54. The summed E-state index contributed by atoms with van der Waals surface area (Å²) in [6.45, 7) is 6.98. The van der Waals surface area contributed by atoms with Gasteiger partial charge in [0.15, 0.2) is 0 Å². The highest BCUT2D eigenvalue weighted by Crippen LogP contribution is 2.23. The Morgan fingerprint density at radius 1 is 1.60 bits per heavy atom. The molecule has 0 aromatic carbocycles. The average molecular weight is 215 g/mol. The Morgan fingerprint density at radius 3 is 2.67 bits per heavy atom. The van der Waals surface area contributed by atoms with Crippen LogP contribution in [0.15, 0.2) is 0 Å². The molecule has 0 radical (unpaired) electrons. The second kappa shape index (κ2) is 5.47. The average Bonchev–Trinajstić information content (AvgIpc) is 2.59. The fourth-order valence-corrected chi connectivity index (χ4v) is 2.00. The van der Waals surface area contributed by atoms with E-state index in [1.807, 2.05) is 20.8 Å². The van der Waals surface area contributed by atoms with Gasteiger partial charge in [-0.3, -0.25) is 4.79 Å². The van der Waals surface area contributed by atoms with Crippen molar-refractivity contribution in [3.8, 4) is 0 Å². The first kappa shape index (κ1) is 12.5. The molecular formula is C11H21NO3. The fraction of sp³-hybridized carbons (Fsp3) is 0.909. The smallest absolute Gasteiger partial charge is 0.228 e. The second-order valence-electron chi connectivity index (χ2n) is 4.32. The molecule has 2 unspecified atom stereocenters. The molecule has 1 rings (SSSR count). The van der Waals surface area contributed by atoms with Crippen molar-refractivity contribution in [1.82, 2.24) is 4.90 Å². The predicted octanol–water partition coefficient (Wildman–Crippen LogP) is 0.641. The van der Waals surface area contributed by atoms with Crippen LogP contribution in [0.4, 0.5) is 0 Å². The number of nitrogens with zero attached hydrogens (tertiary/aromatic N) is 1. The van der Waals surface area contributed by atoms with Crippen molar-refractivity contribution in [3.63, 3.8) is 0 Å². The van der Waals surface area contributed by atoms with Crippen LogP contribution in [-0.2, 0) is 9.53 Å². The van der Waals surface area contributed by atoms with E-state index >= 15 is 0 Å². The van der Waals surface area contributed by atoms with Crippen molar-refractivity contribution < 1.29 is 14.6 Å². The van der Waals surface area contributed by atoms with Crippen LogP contribution < -0.4 is 0 Å². The van der Waals surface area contributed by atoms with Gasteiger partial charge in [0, 0.05) is 19.2 Å². The van der Waals surface area contributed by atoms with Gasteiger partial charge in [0.1, 0.15) is 0 Å². The first-order chi connectivity index (χ1) is 7.07. The zero-order valence-corrected chi connectivity index (χ0v) is 9.77. The van der Waals surface area contributed by atoms with Crippen molar-refractivity contribution in [1.29, 1.82) is 0 Å². The minimum absolute atomic E-state index is 0.0115. The van der Waals surface area contributed by atoms with Crippen LogP contribution in [0.25, 0.3) is 0 Å². The molecule has 0 aliphatic carbocycles. The van der Waals surface area contributed by atoms with Crippen molar-refractivity contribution in [2.45, 2.75) is 39.3 Å². The lowest BCUT2D eigenvalue weighted by Gasteiger charge is -2.29. The Morgan fingerprint density at radius 2 is 2.27 bits per heavy atom. The molecule has 1 amide bonds. The van der Waals surface area contributed by atoms with Gasteiger partial charge >= 0.3 is 0 Å². The summed E-state index contributed by atoms with van der Waals surface area (Å²) < 4.78 is 5.38. The zero-order chi connectivity index (χ0) is 11.4. The highest BCUT2D eigenvalue weighted by molar-refractivity contribution is 5.80. The molecule has 1 fully saturated rings. The third kappa shape index (κ3) is 2.92. The largest absolute Gasteiger partial charge is 0.395 e. The van der Waals surface area contributed by atoms with Crippen LogP contribution in [0.2, 0.25) is 0 Å². The maximum absolute atomic E-state index is 12.1. The van der Waals surface area contributed by atoms with Gasteiger partial charge in [0.25, 0.3) is 0 Å². The summed E-state index contributed by atoms with van der Waals surface area (Å²) in [5.74, 6) is 0.0861. The van der Waals surface area contributed by atoms with E-state index in [4.69, 9.17) is 9.84 Å². The summed E-state index contributed by atoms with van der Waals surface area (Å²) in [4.78, 5) is 13.9. The van der Waals surface area contributed by atoms with Crippen molar-refractivity contribution >= 4 is 5.91 Å². The lowest BCUT2D eigenvalue weighted by atomic mass is 10.0. The Hall–Kier alpha value is -0.610. The van der Waals surface area contributed by atoms with E-state index in [9.17, 15) is 4.79 Å². The third-order valence-corrected chi connectivity index (χ3v) is 2.94. The SMILES string of the molecule is CC1OCCC1C(=O)N(CCO)C(C)C.